The van der Waals surface area contributed by atoms with Crippen LogP contribution in [0.2, 0.25) is 10.0 Å². The molecule has 0 aromatic heterocycles. The molecule has 0 aliphatic rings. The van der Waals surface area contributed by atoms with Crippen LogP contribution in [0.25, 0.3) is 0 Å². The van der Waals surface area contributed by atoms with Gasteiger partial charge in [0.15, 0.2) is 0 Å². The molecule has 8 heteroatoms. The quantitative estimate of drug-likeness (QED) is 0.892. The fraction of sp³-hybridized carbons (Fsp3) is 0.333. The molecule has 1 aromatic carbocycles. The molecule has 17 heavy (non-hydrogen) atoms. The third-order valence-electron chi connectivity index (χ3n) is 1.86. The number of halogens is 3. The van der Waals surface area contributed by atoms with Crippen LogP contribution in [0.15, 0.2) is 23.1 Å². The lowest BCUT2D eigenvalue weighted by Gasteiger charge is -2.12. The minimum atomic E-state index is -3.62. The van der Waals surface area contributed by atoms with Gasteiger partial charge in [0.25, 0.3) is 0 Å². The molecule has 0 saturated carbocycles. The first kappa shape index (κ1) is 17.0. The normalized spacial score (nSPS) is 12.9. The average molecular weight is 320 g/mol. The molecule has 3 N–H and O–H groups in total. The molecule has 4 nitrogen and oxygen atoms in total. The van der Waals surface area contributed by atoms with Gasteiger partial charge in [-0.1, -0.05) is 23.2 Å². The Hall–Kier alpha value is -0.0400. The molecule has 0 spiro atoms. The highest BCUT2D eigenvalue weighted by molar-refractivity contribution is 7.89. The van der Waals surface area contributed by atoms with E-state index in [1.165, 1.54) is 18.2 Å². The molecule has 98 valence electrons. The molecule has 0 aliphatic heterocycles. The molecule has 0 heterocycles. The van der Waals surface area contributed by atoms with Gasteiger partial charge in [-0.05, 0) is 25.1 Å². The minimum absolute atomic E-state index is 0. The SMILES string of the molecule is C[C@H](CN)NS(=O)(=O)c1cc(Cl)cc(Cl)c1.Cl. The third kappa shape index (κ3) is 4.99. The highest BCUT2D eigenvalue weighted by Crippen LogP contribution is 2.22. The van der Waals surface area contributed by atoms with E-state index in [4.69, 9.17) is 28.9 Å². The lowest BCUT2D eigenvalue weighted by atomic mass is 10.4. The summed E-state index contributed by atoms with van der Waals surface area (Å²) in [5, 5.41) is 0.543. The maximum Gasteiger partial charge on any atom is 0.240 e. The number of nitrogens with two attached hydrogens (primary N) is 1. The van der Waals surface area contributed by atoms with Crippen LogP contribution < -0.4 is 10.5 Å². The van der Waals surface area contributed by atoms with E-state index in [1.54, 1.807) is 6.92 Å². The summed E-state index contributed by atoms with van der Waals surface area (Å²) in [5.41, 5.74) is 5.34. The van der Waals surface area contributed by atoms with Crippen molar-refractivity contribution < 1.29 is 8.42 Å². The molecule has 1 aromatic rings. The number of nitrogens with one attached hydrogen (secondary N) is 1. The maximum atomic E-state index is 11.8. The molecule has 1 atom stereocenters. The fourth-order valence-electron chi connectivity index (χ4n) is 1.06. The summed E-state index contributed by atoms with van der Waals surface area (Å²) in [5.74, 6) is 0. The van der Waals surface area contributed by atoms with Crippen molar-refractivity contribution in [3.05, 3.63) is 28.2 Å². The van der Waals surface area contributed by atoms with E-state index in [-0.39, 0.29) is 39.9 Å². The zero-order valence-electron chi connectivity index (χ0n) is 8.98. The largest absolute Gasteiger partial charge is 0.329 e. The first-order valence-corrected chi connectivity index (χ1v) is 6.77. The number of hydrogen-bond donors (Lipinski definition) is 2. The van der Waals surface area contributed by atoms with Crippen LogP contribution >= 0.6 is 35.6 Å². The Morgan fingerprint density at radius 1 is 1.29 bits per heavy atom. The first-order valence-electron chi connectivity index (χ1n) is 4.53. The van der Waals surface area contributed by atoms with Crippen molar-refractivity contribution in [2.24, 2.45) is 5.73 Å². The average Bonchev–Trinajstić information content (AvgIpc) is 2.15. The molecular weight excluding hydrogens is 307 g/mol. The minimum Gasteiger partial charge on any atom is -0.329 e. The second-order valence-electron chi connectivity index (χ2n) is 3.36. The van der Waals surface area contributed by atoms with Crippen molar-refractivity contribution in [2.75, 3.05) is 6.54 Å². The second-order valence-corrected chi connectivity index (χ2v) is 5.95. The smallest absolute Gasteiger partial charge is 0.240 e. The second kappa shape index (κ2) is 6.78. The summed E-state index contributed by atoms with van der Waals surface area (Å²) in [6.07, 6.45) is 0. The van der Waals surface area contributed by atoms with Gasteiger partial charge in [-0.3, -0.25) is 0 Å². The van der Waals surface area contributed by atoms with Gasteiger partial charge in [0.05, 0.1) is 4.90 Å². The van der Waals surface area contributed by atoms with E-state index in [9.17, 15) is 8.42 Å². The zero-order valence-corrected chi connectivity index (χ0v) is 12.1. The van der Waals surface area contributed by atoms with Crippen molar-refractivity contribution in [3.8, 4) is 0 Å². The van der Waals surface area contributed by atoms with Crippen LogP contribution in [0, 0.1) is 0 Å². The highest BCUT2D eigenvalue weighted by atomic mass is 35.5. The first-order chi connectivity index (χ1) is 7.35. The Kier molecular flexibility index (Phi) is 6.76. The van der Waals surface area contributed by atoms with E-state index >= 15 is 0 Å². The lowest BCUT2D eigenvalue weighted by molar-refractivity contribution is 0.562. The van der Waals surface area contributed by atoms with E-state index in [2.05, 4.69) is 4.72 Å². The Morgan fingerprint density at radius 2 is 1.76 bits per heavy atom. The predicted molar refractivity (Wildman–Crippen MR) is 72.5 cm³/mol. The summed E-state index contributed by atoms with van der Waals surface area (Å²) in [6.45, 7) is 1.89. The Bertz CT molecular complexity index is 459. The van der Waals surface area contributed by atoms with E-state index in [1.807, 2.05) is 0 Å². The van der Waals surface area contributed by atoms with Gasteiger partial charge in [0, 0.05) is 22.6 Å². The topological polar surface area (TPSA) is 72.2 Å². The summed E-state index contributed by atoms with van der Waals surface area (Å²) in [4.78, 5) is 0.0327. The van der Waals surface area contributed by atoms with Crippen LogP contribution in [-0.4, -0.2) is 21.0 Å². The summed E-state index contributed by atoms with van der Waals surface area (Å²) < 4.78 is 26.1. The molecule has 0 unspecified atom stereocenters. The summed E-state index contributed by atoms with van der Waals surface area (Å²) >= 11 is 11.5. The Labute approximate surface area is 117 Å². The summed E-state index contributed by atoms with van der Waals surface area (Å²) in [7, 11) is -3.62. The molecule has 0 bridgehead atoms. The number of sulfonamides is 1. The van der Waals surface area contributed by atoms with Crippen molar-refractivity contribution in [1.82, 2.24) is 4.72 Å². The molecule has 1 rings (SSSR count). The van der Waals surface area contributed by atoms with Crippen molar-refractivity contribution >= 4 is 45.6 Å². The third-order valence-corrected chi connectivity index (χ3v) is 3.86. The fourth-order valence-corrected chi connectivity index (χ4v) is 3.05. The Morgan fingerprint density at radius 3 is 2.18 bits per heavy atom. The van der Waals surface area contributed by atoms with Gasteiger partial charge >= 0.3 is 0 Å². The molecule has 0 aliphatic carbocycles. The van der Waals surface area contributed by atoms with Gasteiger partial charge in [0.2, 0.25) is 10.0 Å². The molecule has 0 amide bonds. The van der Waals surface area contributed by atoms with Gasteiger partial charge in [-0.2, -0.15) is 0 Å². The molecular formula is C9H13Cl3N2O2S. The van der Waals surface area contributed by atoms with Crippen LogP contribution in [0.5, 0.6) is 0 Å². The van der Waals surface area contributed by atoms with Crippen LogP contribution in [0.1, 0.15) is 6.92 Å². The van der Waals surface area contributed by atoms with Gasteiger partial charge in [0.1, 0.15) is 0 Å². The van der Waals surface area contributed by atoms with E-state index in [0.29, 0.717) is 0 Å². The molecule has 0 fully saturated rings. The molecule has 0 radical (unpaired) electrons. The monoisotopic (exact) mass is 318 g/mol. The lowest BCUT2D eigenvalue weighted by Crippen LogP contribution is -2.37. The van der Waals surface area contributed by atoms with E-state index in [0.717, 1.165) is 0 Å². The van der Waals surface area contributed by atoms with Crippen molar-refractivity contribution in [2.45, 2.75) is 17.9 Å². The van der Waals surface area contributed by atoms with Gasteiger partial charge < -0.3 is 5.73 Å². The van der Waals surface area contributed by atoms with Crippen LogP contribution in [0.4, 0.5) is 0 Å². The van der Waals surface area contributed by atoms with Crippen molar-refractivity contribution in [1.29, 1.82) is 0 Å². The van der Waals surface area contributed by atoms with Crippen LogP contribution in [-0.2, 0) is 10.0 Å². The van der Waals surface area contributed by atoms with Gasteiger partial charge in [-0.25, -0.2) is 13.1 Å². The number of hydrogen-bond acceptors (Lipinski definition) is 3. The standard InChI is InChI=1S/C9H12Cl2N2O2S.ClH/c1-6(5-12)13-16(14,15)9-3-7(10)2-8(11)4-9;/h2-4,6,13H,5,12H2,1H3;1H/t6-;/m1./s1. The summed E-state index contributed by atoms with van der Waals surface area (Å²) in [6, 6.07) is 3.79. The van der Waals surface area contributed by atoms with Gasteiger partial charge in [-0.15, -0.1) is 12.4 Å². The van der Waals surface area contributed by atoms with Crippen molar-refractivity contribution in [3.63, 3.8) is 0 Å². The number of benzene rings is 1. The maximum absolute atomic E-state index is 11.8. The Balaban J connectivity index is 0.00000256. The zero-order chi connectivity index (χ0) is 12.3. The highest BCUT2D eigenvalue weighted by Gasteiger charge is 2.17. The molecule has 0 saturated heterocycles. The van der Waals surface area contributed by atoms with Crippen LogP contribution in [0.3, 0.4) is 0 Å². The predicted octanol–water partition coefficient (Wildman–Crippen LogP) is 2.04. The number of rotatable bonds is 4. The van der Waals surface area contributed by atoms with E-state index < -0.39 is 10.0 Å².